The Kier molecular flexibility index (Phi) is 4.97. The number of methoxy groups -OCH3 is 1. The summed E-state index contributed by atoms with van der Waals surface area (Å²) < 4.78 is 5.14. The molecule has 2 rings (SSSR count). The van der Waals surface area contributed by atoms with Crippen LogP contribution in [0.5, 0.6) is 0 Å². The number of nitrogens with zero attached hydrogens (tertiary/aromatic N) is 1. The van der Waals surface area contributed by atoms with E-state index in [-0.39, 0.29) is 0 Å². The summed E-state index contributed by atoms with van der Waals surface area (Å²) in [5.74, 6) is 1.76. The van der Waals surface area contributed by atoms with Gasteiger partial charge in [-0.2, -0.15) is 0 Å². The van der Waals surface area contributed by atoms with Crippen LogP contribution in [0.2, 0.25) is 0 Å². The van der Waals surface area contributed by atoms with E-state index in [1.165, 1.54) is 17.5 Å². The van der Waals surface area contributed by atoms with Crippen LogP contribution in [0, 0.1) is 11.8 Å². The molecule has 1 fully saturated rings. The first-order valence-corrected chi connectivity index (χ1v) is 7.13. The lowest BCUT2D eigenvalue weighted by molar-refractivity contribution is 0.185. The Balaban J connectivity index is 1.99. The molecule has 0 bridgehead atoms. The number of hydrogen-bond donors (Lipinski definition) is 1. The SMILES string of the molecule is COCc1ccc(C(CN)N(C)CC2CC2C)cc1. The van der Waals surface area contributed by atoms with Crippen molar-refractivity contribution in [3.05, 3.63) is 35.4 Å². The molecule has 0 saturated heterocycles. The maximum atomic E-state index is 5.97. The Morgan fingerprint density at radius 3 is 2.47 bits per heavy atom. The fraction of sp³-hybridized carbons (Fsp3) is 0.625. The lowest BCUT2D eigenvalue weighted by Gasteiger charge is -2.27. The van der Waals surface area contributed by atoms with Gasteiger partial charge in [0.25, 0.3) is 0 Å². The van der Waals surface area contributed by atoms with E-state index in [9.17, 15) is 0 Å². The molecule has 0 radical (unpaired) electrons. The van der Waals surface area contributed by atoms with E-state index in [1.54, 1.807) is 7.11 Å². The van der Waals surface area contributed by atoms with Crippen molar-refractivity contribution in [1.29, 1.82) is 0 Å². The van der Waals surface area contributed by atoms with Gasteiger partial charge in [0.05, 0.1) is 6.61 Å². The van der Waals surface area contributed by atoms with Gasteiger partial charge >= 0.3 is 0 Å². The Labute approximate surface area is 116 Å². The first-order chi connectivity index (χ1) is 9.15. The second-order valence-corrected chi connectivity index (χ2v) is 5.84. The summed E-state index contributed by atoms with van der Waals surface area (Å²) in [6, 6.07) is 8.95. The highest BCUT2D eigenvalue weighted by Gasteiger charge is 2.34. The molecule has 106 valence electrons. The maximum Gasteiger partial charge on any atom is 0.0713 e. The van der Waals surface area contributed by atoms with Crippen molar-refractivity contribution in [2.45, 2.75) is 26.0 Å². The minimum Gasteiger partial charge on any atom is -0.380 e. The monoisotopic (exact) mass is 262 g/mol. The molecule has 0 heterocycles. The molecule has 0 aliphatic heterocycles. The molecule has 2 N–H and O–H groups in total. The Morgan fingerprint density at radius 1 is 1.37 bits per heavy atom. The summed E-state index contributed by atoms with van der Waals surface area (Å²) in [7, 11) is 3.91. The quantitative estimate of drug-likeness (QED) is 0.820. The number of likely N-dealkylation sites (N-methyl/N-ethyl adjacent to an activating group) is 1. The molecule has 0 amide bonds. The lowest BCUT2D eigenvalue weighted by Crippen LogP contribution is -2.32. The second kappa shape index (κ2) is 6.51. The van der Waals surface area contributed by atoms with Crippen LogP contribution in [0.25, 0.3) is 0 Å². The van der Waals surface area contributed by atoms with E-state index in [0.717, 1.165) is 18.4 Å². The molecular weight excluding hydrogens is 236 g/mol. The molecule has 1 aromatic rings. The van der Waals surface area contributed by atoms with Crippen LogP contribution in [-0.2, 0) is 11.3 Å². The van der Waals surface area contributed by atoms with Crippen molar-refractivity contribution in [3.63, 3.8) is 0 Å². The van der Waals surface area contributed by atoms with Gasteiger partial charge in [-0.05, 0) is 36.4 Å². The van der Waals surface area contributed by atoms with E-state index in [1.807, 2.05) is 0 Å². The van der Waals surface area contributed by atoms with E-state index in [2.05, 4.69) is 43.1 Å². The number of hydrogen-bond acceptors (Lipinski definition) is 3. The third kappa shape index (κ3) is 3.78. The smallest absolute Gasteiger partial charge is 0.0713 e. The number of benzene rings is 1. The number of rotatable bonds is 7. The van der Waals surface area contributed by atoms with Crippen molar-refractivity contribution in [3.8, 4) is 0 Å². The van der Waals surface area contributed by atoms with Crippen LogP contribution in [0.1, 0.15) is 30.5 Å². The highest BCUT2D eigenvalue weighted by atomic mass is 16.5. The highest BCUT2D eigenvalue weighted by Crippen LogP contribution is 2.39. The molecule has 0 aromatic heterocycles. The summed E-state index contributed by atoms with van der Waals surface area (Å²) in [5.41, 5.74) is 8.48. The average Bonchev–Trinajstić information content (AvgIpc) is 3.08. The third-order valence-corrected chi connectivity index (χ3v) is 4.23. The van der Waals surface area contributed by atoms with Crippen LogP contribution >= 0.6 is 0 Å². The molecule has 0 spiro atoms. The summed E-state index contributed by atoms with van der Waals surface area (Å²) in [4.78, 5) is 2.40. The van der Waals surface area contributed by atoms with Crippen molar-refractivity contribution >= 4 is 0 Å². The molecule has 3 atom stereocenters. The van der Waals surface area contributed by atoms with Crippen molar-refractivity contribution in [1.82, 2.24) is 4.90 Å². The second-order valence-electron chi connectivity index (χ2n) is 5.84. The molecule has 1 aromatic carbocycles. The van der Waals surface area contributed by atoms with Crippen LogP contribution in [0.3, 0.4) is 0 Å². The van der Waals surface area contributed by atoms with Gasteiger partial charge in [-0.1, -0.05) is 31.2 Å². The fourth-order valence-corrected chi connectivity index (χ4v) is 2.72. The van der Waals surface area contributed by atoms with E-state index in [0.29, 0.717) is 19.2 Å². The normalized spacial score (nSPS) is 23.6. The molecule has 19 heavy (non-hydrogen) atoms. The predicted molar refractivity (Wildman–Crippen MR) is 78.9 cm³/mol. The minimum atomic E-state index is 0.324. The van der Waals surface area contributed by atoms with Crippen LogP contribution in [0.4, 0.5) is 0 Å². The zero-order valence-electron chi connectivity index (χ0n) is 12.3. The molecule has 3 unspecified atom stereocenters. The Morgan fingerprint density at radius 2 is 2.00 bits per heavy atom. The van der Waals surface area contributed by atoms with E-state index < -0.39 is 0 Å². The van der Waals surface area contributed by atoms with Crippen molar-refractivity contribution in [2.24, 2.45) is 17.6 Å². The van der Waals surface area contributed by atoms with E-state index in [4.69, 9.17) is 10.5 Å². The zero-order chi connectivity index (χ0) is 13.8. The van der Waals surface area contributed by atoms with Gasteiger partial charge in [-0.3, -0.25) is 4.90 Å². The Hall–Kier alpha value is -0.900. The topological polar surface area (TPSA) is 38.5 Å². The van der Waals surface area contributed by atoms with Gasteiger partial charge in [-0.15, -0.1) is 0 Å². The van der Waals surface area contributed by atoms with E-state index >= 15 is 0 Å². The molecule has 1 saturated carbocycles. The summed E-state index contributed by atoms with van der Waals surface area (Å²) in [6.07, 6.45) is 1.37. The molecule has 3 heteroatoms. The molecule has 3 nitrogen and oxygen atoms in total. The number of ether oxygens (including phenoxy) is 1. The van der Waals surface area contributed by atoms with Crippen molar-refractivity contribution < 1.29 is 4.74 Å². The average molecular weight is 262 g/mol. The third-order valence-electron chi connectivity index (χ3n) is 4.23. The largest absolute Gasteiger partial charge is 0.380 e. The summed E-state index contributed by atoms with van der Waals surface area (Å²) >= 11 is 0. The van der Waals surface area contributed by atoms with Gasteiger partial charge in [0.1, 0.15) is 0 Å². The predicted octanol–water partition coefficient (Wildman–Crippen LogP) is 2.42. The molecular formula is C16H26N2O. The highest BCUT2D eigenvalue weighted by molar-refractivity contribution is 5.25. The standard InChI is InChI=1S/C16H26N2O/c1-12-8-15(12)10-18(2)16(9-17)14-6-4-13(5-7-14)11-19-3/h4-7,12,15-16H,8-11,17H2,1-3H3. The Bertz CT molecular complexity index is 390. The van der Waals surface area contributed by atoms with Gasteiger partial charge in [0.2, 0.25) is 0 Å². The first kappa shape index (κ1) is 14.5. The first-order valence-electron chi connectivity index (χ1n) is 7.13. The zero-order valence-corrected chi connectivity index (χ0v) is 12.3. The molecule has 1 aliphatic rings. The minimum absolute atomic E-state index is 0.324. The summed E-state index contributed by atoms with van der Waals surface area (Å²) in [5, 5.41) is 0. The van der Waals surface area contributed by atoms with Gasteiger partial charge < -0.3 is 10.5 Å². The fourth-order valence-electron chi connectivity index (χ4n) is 2.72. The van der Waals surface area contributed by atoms with Crippen LogP contribution in [-0.4, -0.2) is 32.1 Å². The maximum absolute atomic E-state index is 5.97. The van der Waals surface area contributed by atoms with Gasteiger partial charge in [0.15, 0.2) is 0 Å². The van der Waals surface area contributed by atoms with Gasteiger partial charge in [-0.25, -0.2) is 0 Å². The molecule has 1 aliphatic carbocycles. The summed E-state index contributed by atoms with van der Waals surface area (Å²) in [6.45, 7) is 4.82. The van der Waals surface area contributed by atoms with Crippen molar-refractivity contribution in [2.75, 3.05) is 27.2 Å². The van der Waals surface area contributed by atoms with Gasteiger partial charge in [0, 0.05) is 26.2 Å². The van der Waals surface area contributed by atoms with Crippen LogP contribution < -0.4 is 5.73 Å². The number of nitrogens with two attached hydrogens (primary N) is 1. The lowest BCUT2D eigenvalue weighted by atomic mass is 10.0. The van der Waals surface area contributed by atoms with Crippen LogP contribution in [0.15, 0.2) is 24.3 Å².